The molecule has 4 unspecified atom stereocenters. The highest BCUT2D eigenvalue weighted by molar-refractivity contribution is 5.70. The van der Waals surface area contributed by atoms with Gasteiger partial charge in [-0.2, -0.15) is 0 Å². The van der Waals surface area contributed by atoms with Crippen LogP contribution in [-0.2, 0) is 38.0 Å². The lowest BCUT2D eigenvalue weighted by Crippen LogP contribution is -2.61. The first kappa shape index (κ1) is 67.6. The zero-order chi connectivity index (χ0) is 53.9. The maximum Gasteiger partial charge on any atom is 0.306 e. The molecule has 2 aliphatic rings. The normalized spacial score (nSPS) is 25.0. The molecule has 0 amide bonds. The molecular weight excluding hydrogens is 949 g/mol. The molecule has 0 radical (unpaired) electrons. The van der Waals surface area contributed by atoms with Crippen molar-refractivity contribution in [3.63, 3.8) is 0 Å². The van der Waals surface area contributed by atoms with E-state index >= 15 is 0 Å². The Morgan fingerprint density at radius 1 is 0.432 bits per heavy atom. The van der Waals surface area contributed by atoms with E-state index in [2.05, 4.69) is 62.5 Å². The van der Waals surface area contributed by atoms with Gasteiger partial charge in [0.15, 0.2) is 18.7 Å². The van der Waals surface area contributed by atoms with Crippen LogP contribution in [0.3, 0.4) is 0 Å². The van der Waals surface area contributed by atoms with Crippen molar-refractivity contribution >= 4 is 11.9 Å². The molecule has 0 bridgehead atoms. The second kappa shape index (κ2) is 45.5. The average Bonchev–Trinajstić information content (AvgIpc) is 3.39. The van der Waals surface area contributed by atoms with E-state index in [-0.39, 0.29) is 19.4 Å². The Hall–Kier alpha value is -2.54. The lowest BCUT2D eigenvalue weighted by Gasteiger charge is -2.42. The lowest BCUT2D eigenvalue weighted by atomic mass is 9.98. The summed E-state index contributed by atoms with van der Waals surface area (Å²) in [5.41, 5.74) is 0. The average molecular weight is 1050 g/mol. The number of aliphatic hydroxyl groups is 7. The first-order chi connectivity index (χ1) is 36.0. The Morgan fingerprint density at radius 3 is 1.32 bits per heavy atom. The van der Waals surface area contributed by atoms with E-state index in [4.69, 9.17) is 28.4 Å². The van der Waals surface area contributed by atoms with Gasteiger partial charge in [0.05, 0.1) is 19.8 Å². The lowest BCUT2D eigenvalue weighted by molar-refractivity contribution is -0.332. The number of ether oxygens (including phenoxy) is 6. The van der Waals surface area contributed by atoms with Gasteiger partial charge in [0.1, 0.15) is 55.4 Å². The van der Waals surface area contributed by atoms with Crippen LogP contribution in [0.15, 0.2) is 48.6 Å². The van der Waals surface area contributed by atoms with E-state index in [1.807, 2.05) is 0 Å². The second-order valence-corrected chi connectivity index (χ2v) is 20.5. The number of aliphatic hydroxyl groups excluding tert-OH is 7. The molecule has 0 spiro atoms. The number of carbonyl (C=O) groups is 2. The maximum atomic E-state index is 13.0. The Bertz CT molecular complexity index is 1470. The molecule has 0 aromatic carbocycles. The molecule has 0 aromatic heterocycles. The van der Waals surface area contributed by atoms with Gasteiger partial charge in [-0.15, -0.1) is 0 Å². The summed E-state index contributed by atoms with van der Waals surface area (Å²) in [6.45, 7) is 2.52. The molecule has 7 N–H and O–H groups in total. The SMILES string of the molecule is CCC/C=C/C/C=C/C/C=C/C/C=C/CCCCCC(=O)O[C@@H](COC(=O)CCCCCCCCCCCCCCCCCCCCCCC)CO[C@@H]1O[C@H](CO[C@@H]2O[C@H](CO)[C@H](O)C(O)C2O)[C@H](O)C(O)C1O. The third-order valence-corrected chi connectivity index (χ3v) is 13.8. The number of esters is 2. The highest BCUT2D eigenvalue weighted by Crippen LogP contribution is 2.27. The Morgan fingerprint density at radius 2 is 0.838 bits per heavy atom. The first-order valence-corrected chi connectivity index (χ1v) is 29.2. The van der Waals surface area contributed by atoms with Gasteiger partial charge in [-0.25, -0.2) is 0 Å². The smallest absolute Gasteiger partial charge is 0.306 e. The summed E-state index contributed by atoms with van der Waals surface area (Å²) >= 11 is 0. The molecule has 0 saturated carbocycles. The summed E-state index contributed by atoms with van der Waals surface area (Å²) in [7, 11) is 0. The number of hydrogen-bond donors (Lipinski definition) is 7. The van der Waals surface area contributed by atoms with Crippen molar-refractivity contribution in [3.05, 3.63) is 48.6 Å². The van der Waals surface area contributed by atoms with Gasteiger partial charge in [-0.1, -0.05) is 204 Å². The van der Waals surface area contributed by atoms with Crippen LogP contribution in [0, 0.1) is 0 Å². The molecule has 2 saturated heterocycles. The second-order valence-electron chi connectivity index (χ2n) is 20.5. The zero-order valence-corrected chi connectivity index (χ0v) is 45.8. The van der Waals surface area contributed by atoms with Gasteiger partial charge in [0.25, 0.3) is 0 Å². The van der Waals surface area contributed by atoms with E-state index in [1.165, 1.54) is 116 Å². The predicted molar refractivity (Wildman–Crippen MR) is 289 cm³/mol. The molecule has 15 heteroatoms. The van der Waals surface area contributed by atoms with Crippen molar-refractivity contribution in [1.29, 1.82) is 0 Å². The first-order valence-electron chi connectivity index (χ1n) is 29.2. The Balaban J connectivity index is 1.75. The van der Waals surface area contributed by atoms with Crippen LogP contribution in [0.5, 0.6) is 0 Å². The summed E-state index contributed by atoms with van der Waals surface area (Å²) in [5.74, 6) is -0.954. The summed E-state index contributed by atoms with van der Waals surface area (Å²) in [4.78, 5) is 25.9. The molecule has 74 heavy (non-hydrogen) atoms. The minimum absolute atomic E-state index is 0.128. The van der Waals surface area contributed by atoms with E-state index < -0.39 is 99.3 Å². The van der Waals surface area contributed by atoms with Crippen molar-refractivity contribution in [1.82, 2.24) is 0 Å². The van der Waals surface area contributed by atoms with Gasteiger partial charge < -0.3 is 64.2 Å². The van der Waals surface area contributed by atoms with E-state index in [1.54, 1.807) is 0 Å². The van der Waals surface area contributed by atoms with Crippen LogP contribution in [0.2, 0.25) is 0 Å². The number of carbonyl (C=O) groups excluding carboxylic acids is 2. The van der Waals surface area contributed by atoms with Crippen molar-refractivity contribution < 1.29 is 73.8 Å². The largest absolute Gasteiger partial charge is 0.462 e. The quantitative estimate of drug-likeness (QED) is 0.0171. The molecule has 430 valence electrons. The van der Waals surface area contributed by atoms with Crippen LogP contribution in [0.1, 0.15) is 219 Å². The maximum absolute atomic E-state index is 13.0. The van der Waals surface area contributed by atoms with Crippen LogP contribution < -0.4 is 0 Å². The fourth-order valence-electron chi connectivity index (χ4n) is 9.03. The number of allylic oxidation sites excluding steroid dienone is 8. The standard InChI is InChI=1S/C59H104O15/c1-3-5-7-9-11-13-15-17-19-21-22-23-24-26-27-29-31-33-35-37-39-41-50(61)69-44-47(72-51(62)42-40-38-36-34-32-30-28-25-20-18-16-14-12-10-8-6-4-2)45-70-58-57(68)55(66)53(64)49(74-58)46-71-59-56(67)54(65)52(63)48(43-60)73-59/h8,10,14,16,20,25,30,32,47-49,52-60,63-68H,3-7,9,11-13,15,17-19,21-24,26-29,31,33-46H2,1-2H3/b10-8+,16-14+,25-20+,32-30+/t47-,48+,49+,52-,53-,54?,55?,56?,57?,58+,59+/m0/s1. The van der Waals surface area contributed by atoms with Crippen LogP contribution >= 0.6 is 0 Å². The predicted octanol–water partition coefficient (Wildman–Crippen LogP) is 9.83. The molecule has 0 aromatic rings. The number of hydrogen-bond acceptors (Lipinski definition) is 15. The molecule has 2 aliphatic heterocycles. The van der Waals surface area contributed by atoms with Gasteiger partial charge >= 0.3 is 11.9 Å². The van der Waals surface area contributed by atoms with Gasteiger partial charge in [-0.05, 0) is 51.4 Å². The molecule has 2 rings (SSSR count). The monoisotopic (exact) mass is 1050 g/mol. The van der Waals surface area contributed by atoms with Crippen molar-refractivity contribution in [2.75, 3.05) is 26.4 Å². The zero-order valence-electron chi connectivity index (χ0n) is 45.8. The summed E-state index contributed by atoms with van der Waals surface area (Å²) in [6, 6.07) is 0. The summed E-state index contributed by atoms with van der Waals surface area (Å²) in [6.07, 6.45) is 35.6. The third-order valence-electron chi connectivity index (χ3n) is 13.8. The minimum Gasteiger partial charge on any atom is -0.462 e. The molecule has 11 atom stereocenters. The number of rotatable bonds is 46. The molecular formula is C59H104O15. The van der Waals surface area contributed by atoms with Crippen molar-refractivity contribution in [2.24, 2.45) is 0 Å². The molecule has 2 heterocycles. The summed E-state index contributed by atoms with van der Waals surface area (Å²) in [5, 5.41) is 72.3. The molecule has 2 fully saturated rings. The van der Waals surface area contributed by atoms with Crippen LogP contribution in [0.25, 0.3) is 0 Å². The van der Waals surface area contributed by atoms with Gasteiger partial charge in [0, 0.05) is 12.8 Å². The van der Waals surface area contributed by atoms with Crippen LogP contribution in [-0.4, -0.2) is 142 Å². The highest BCUT2D eigenvalue weighted by Gasteiger charge is 2.47. The highest BCUT2D eigenvalue weighted by atomic mass is 16.7. The topological polar surface area (TPSA) is 231 Å². The number of unbranched alkanes of at least 4 members (excludes halogenated alkanes) is 24. The van der Waals surface area contributed by atoms with Gasteiger partial charge in [-0.3, -0.25) is 9.59 Å². The fraction of sp³-hybridized carbons (Fsp3) is 0.831. The molecule has 15 nitrogen and oxygen atoms in total. The van der Waals surface area contributed by atoms with E-state index in [0.717, 1.165) is 64.2 Å². The van der Waals surface area contributed by atoms with Gasteiger partial charge in [0.2, 0.25) is 0 Å². The van der Waals surface area contributed by atoms with Crippen molar-refractivity contribution in [3.8, 4) is 0 Å². The van der Waals surface area contributed by atoms with Crippen LogP contribution in [0.4, 0.5) is 0 Å². The third kappa shape index (κ3) is 32.3. The fourth-order valence-corrected chi connectivity index (χ4v) is 9.03. The summed E-state index contributed by atoms with van der Waals surface area (Å²) < 4.78 is 33.7. The Kier molecular flexibility index (Phi) is 41.5. The minimum atomic E-state index is -1.77. The van der Waals surface area contributed by atoms with Crippen molar-refractivity contribution in [2.45, 2.75) is 287 Å². The Labute approximate surface area is 446 Å². The molecule has 0 aliphatic carbocycles. The van der Waals surface area contributed by atoms with E-state index in [0.29, 0.717) is 12.8 Å². The van der Waals surface area contributed by atoms with E-state index in [9.17, 15) is 45.3 Å².